The van der Waals surface area contributed by atoms with Crippen molar-refractivity contribution in [3.63, 3.8) is 0 Å². The van der Waals surface area contributed by atoms with E-state index in [9.17, 15) is 0 Å². The molecule has 0 radical (unpaired) electrons. The smallest absolute Gasteiger partial charge is 0.159 e. The molecule has 113 heavy (non-hydrogen) atoms. The average molecular weight is 1480 g/mol. The minimum Gasteiger partial charge on any atom is -0.457 e. The molecule has 5 aliphatic carbocycles. The van der Waals surface area contributed by atoms with Gasteiger partial charge in [-0.15, -0.1) is 0 Å². The zero-order valence-electron chi connectivity index (χ0n) is 60.7. The Morgan fingerprint density at radius 1 is 0.301 bits per heavy atom. The first-order valence-electron chi connectivity index (χ1n) is 37.6. The van der Waals surface area contributed by atoms with Gasteiger partial charge in [0.2, 0.25) is 0 Å². The molecule has 0 saturated heterocycles. The molecule has 0 heterocycles. The maximum absolute atomic E-state index is 16.3. The number of nitrogens with zero attached hydrogens (tertiary/aromatic N) is 2. The van der Waals surface area contributed by atoms with E-state index >= 15 is 26.3 Å². The van der Waals surface area contributed by atoms with E-state index in [4.69, 9.17) is 9.47 Å². The molecular weight excluding hydrogens is 1410 g/mol. The van der Waals surface area contributed by atoms with E-state index in [0.29, 0.717) is 51.9 Å². The van der Waals surface area contributed by atoms with Crippen LogP contribution in [-0.2, 0) is 16.2 Å². The van der Waals surface area contributed by atoms with Crippen molar-refractivity contribution in [2.45, 2.75) is 28.7 Å². The van der Waals surface area contributed by atoms with E-state index in [1.165, 1.54) is 48.5 Å². The van der Waals surface area contributed by atoms with Crippen LogP contribution in [0.25, 0.3) is 51.1 Å². The van der Waals surface area contributed by atoms with E-state index < -0.39 is 57.2 Å². The molecule has 10 heteroatoms. The van der Waals surface area contributed by atoms with Gasteiger partial charge < -0.3 is 19.3 Å². The lowest BCUT2D eigenvalue weighted by atomic mass is 9.67. The van der Waals surface area contributed by atoms with Crippen LogP contribution >= 0.6 is 0 Å². The highest BCUT2D eigenvalue weighted by atomic mass is 19.2. The van der Waals surface area contributed by atoms with Crippen molar-refractivity contribution in [3.05, 3.63) is 477 Å². The van der Waals surface area contributed by atoms with E-state index in [2.05, 4.69) is 163 Å². The van der Waals surface area contributed by atoms with Crippen molar-refractivity contribution in [2.75, 3.05) is 9.80 Å². The lowest BCUT2D eigenvalue weighted by Crippen LogP contribution is -2.36. The maximum Gasteiger partial charge on any atom is 0.159 e. The highest BCUT2D eigenvalue weighted by molar-refractivity contribution is 6.00. The summed E-state index contributed by atoms with van der Waals surface area (Å²) < 4.78 is 108. The molecule has 4 atom stereocenters. The zero-order chi connectivity index (χ0) is 76.4. The van der Waals surface area contributed by atoms with E-state index in [1.54, 1.807) is 36.4 Å². The van der Waals surface area contributed by atoms with Crippen LogP contribution in [0.4, 0.5) is 54.8 Å². The van der Waals surface area contributed by atoms with E-state index in [0.717, 1.165) is 128 Å². The largest absolute Gasteiger partial charge is 0.457 e. The van der Waals surface area contributed by atoms with Crippen LogP contribution in [0.1, 0.15) is 84.3 Å². The van der Waals surface area contributed by atoms with Gasteiger partial charge in [-0.2, -0.15) is 0 Å². The Kier molecular flexibility index (Phi) is 16.1. The molecule has 15 aromatic carbocycles. The monoisotopic (exact) mass is 1480 g/mol. The van der Waals surface area contributed by atoms with Crippen LogP contribution in [0.5, 0.6) is 23.0 Å². The number of fused-ring (bicyclic) bond motifs is 15. The Labute approximate surface area is 650 Å². The summed E-state index contributed by atoms with van der Waals surface area (Å²) >= 11 is 0. The third-order valence-electron chi connectivity index (χ3n) is 23.7. The van der Waals surface area contributed by atoms with Crippen LogP contribution in [0.15, 0.2) is 365 Å². The van der Waals surface area contributed by atoms with Crippen molar-refractivity contribution < 1.29 is 35.8 Å². The second-order valence-electron chi connectivity index (χ2n) is 29.4. The molecule has 0 saturated carbocycles. The van der Waals surface area contributed by atoms with Gasteiger partial charge in [-0.05, 0) is 287 Å². The van der Waals surface area contributed by atoms with E-state index in [-0.39, 0.29) is 0 Å². The van der Waals surface area contributed by atoms with Gasteiger partial charge in [-0.1, -0.05) is 213 Å². The van der Waals surface area contributed by atoms with Gasteiger partial charge in [0.05, 0.1) is 22.3 Å². The van der Waals surface area contributed by atoms with Gasteiger partial charge in [-0.25, -0.2) is 26.3 Å². The Bertz CT molecular complexity index is 6470. The Hall–Kier alpha value is -14.0. The summed E-state index contributed by atoms with van der Waals surface area (Å²) in [5.74, 6) is -2.29. The third-order valence-corrected chi connectivity index (χ3v) is 23.7. The molecule has 1 spiro atoms. The fourth-order valence-electron chi connectivity index (χ4n) is 18.9. The van der Waals surface area contributed by atoms with Gasteiger partial charge in [0.1, 0.15) is 34.6 Å². The van der Waals surface area contributed by atoms with Gasteiger partial charge in [-0.3, -0.25) is 0 Å². The second kappa shape index (κ2) is 26.7. The summed E-state index contributed by atoms with van der Waals surface area (Å²) in [6.45, 7) is 7.80. The van der Waals surface area contributed by atoms with Crippen LogP contribution in [0.2, 0.25) is 0 Å². The van der Waals surface area contributed by atoms with Crippen molar-refractivity contribution in [3.8, 4) is 56.4 Å². The summed E-state index contributed by atoms with van der Waals surface area (Å²) in [6.07, 6.45) is 8.51. The number of halogens is 6. The lowest BCUT2D eigenvalue weighted by Gasteiger charge is -2.40. The molecule has 0 fully saturated rings. The predicted octanol–water partition coefficient (Wildman–Crippen LogP) is 26.8. The maximum atomic E-state index is 16.3. The molecule has 5 aliphatic rings. The number of hydrogen-bond acceptors (Lipinski definition) is 4. The molecule has 542 valence electrons. The average Bonchev–Trinajstić information content (AvgIpc) is 1.51. The first-order chi connectivity index (χ1) is 55.3. The predicted molar refractivity (Wildman–Crippen MR) is 440 cm³/mol. The topological polar surface area (TPSA) is 24.9 Å². The number of ether oxygens (including phenoxy) is 2. The molecule has 4 nitrogen and oxygen atoms in total. The highest BCUT2D eigenvalue weighted by Gasteiger charge is 2.55. The van der Waals surface area contributed by atoms with Crippen LogP contribution in [0.3, 0.4) is 0 Å². The van der Waals surface area contributed by atoms with Crippen LogP contribution in [0, 0.1) is 34.9 Å². The number of allylic oxidation sites excluding steroid dienone is 2. The van der Waals surface area contributed by atoms with Gasteiger partial charge in [0.25, 0.3) is 0 Å². The summed E-state index contributed by atoms with van der Waals surface area (Å²) in [6, 6.07) is 105. The molecule has 0 aliphatic heterocycles. The van der Waals surface area contributed by atoms with Crippen LogP contribution in [-0.4, -0.2) is 6.04 Å². The molecule has 0 amide bonds. The van der Waals surface area contributed by atoms with Crippen molar-refractivity contribution in [2.24, 2.45) is 0 Å². The van der Waals surface area contributed by atoms with Crippen molar-refractivity contribution >= 4 is 46.2 Å². The molecular formula is C103H66F6N2O2. The minimum absolute atomic E-state index is 0.397. The number of benzene rings is 15. The normalized spacial score (nSPS) is 17.5. The van der Waals surface area contributed by atoms with Crippen molar-refractivity contribution in [1.82, 2.24) is 0 Å². The Balaban J connectivity index is 0.743. The third kappa shape index (κ3) is 10.6. The molecule has 0 bridgehead atoms. The summed E-state index contributed by atoms with van der Waals surface area (Å²) in [4.78, 5) is 4.43. The summed E-state index contributed by atoms with van der Waals surface area (Å²) in [5, 5.41) is 0. The molecule has 4 unspecified atom stereocenters. The fraction of sp³-hybridized carbons (Fsp3) is 0.0485. The molecule has 20 rings (SSSR count). The molecule has 0 aromatic heterocycles. The summed E-state index contributed by atoms with van der Waals surface area (Å²) in [5.41, 5.74) is 20.5. The molecule has 15 aromatic rings. The lowest BCUT2D eigenvalue weighted by molar-refractivity contribution is 0.482. The standard InChI is InChI=1S/C103H66F6N2O2/c1-3-63-21-43-77(44-22-63)112-79-47-25-65(26-48-79)101(67-29-55-97(106)99(108)57-67)89-17-9-5-13-81(89)85-51-39-73(59-93(85)101)110(71-35-31-69(104)32-36-71)75-41-53-87-83-15-7-11-19-91(83)103(95(87)61-75)92-20-12-8-16-84(92)88-54-42-76(62-96(88)103)111(72-37-33-70(105)34-38-72)74-40-52-86-82-14-6-10-18-90(82)102(94(86)60-74,68-30-56-98(107)100(109)58-68)66-27-49-80(50-28-66)113-78-45-23-64(4-2)24-46-78/h3-61,76H,1-2,62H2. The number of anilines is 5. The SMILES string of the molecule is C=Cc1ccc(Oc2ccc(C3(c4ccc(F)c(F)c4)c4ccccc4-c4ccc(N(c5ccc(F)cc5)c5ccc6c(c5)C5(C7=C(C=CC(N(c8ccc(F)cc8)c8ccc9c(c8)C(c8ccc(Oc%10ccc(C=C)cc%10)cc8)(c8ccc(F)c(F)c8)c8ccccc8-9)C7)c7ccccc75)c5ccccc5-6)cc43)cc2)cc1. The minimum atomic E-state index is -1.22. The first kappa shape index (κ1) is 68.3. The van der Waals surface area contributed by atoms with Gasteiger partial charge in [0, 0.05) is 28.4 Å². The Morgan fingerprint density at radius 3 is 1.08 bits per heavy atom. The fourth-order valence-corrected chi connectivity index (χ4v) is 18.9. The van der Waals surface area contributed by atoms with Gasteiger partial charge in [0.15, 0.2) is 23.3 Å². The Morgan fingerprint density at radius 2 is 0.646 bits per heavy atom. The quantitative estimate of drug-likeness (QED) is 0.0900. The number of hydrogen-bond donors (Lipinski definition) is 0. The molecule has 0 N–H and O–H groups in total. The van der Waals surface area contributed by atoms with Crippen molar-refractivity contribution in [1.29, 1.82) is 0 Å². The zero-order valence-corrected chi connectivity index (χ0v) is 60.7. The highest BCUT2D eigenvalue weighted by Crippen LogP contribution is 2.66. The van der Waals surface area contributed by atoms with E-state index in [1.807, 2.05) is 133 Å². The van der Waals surface area contributed by atoms with Gasteiger partial charge >= 0.3 is 0 Å². The first-order valence-corrected chi connectivity index (χ1v) is 37.6. The van der Waals surface area contributed by atoms with Crippen LogP contribution < -0.4 is 19.3 Å². The second-order valence-corrected chi connectivity index (χ2v) is 29.4. The summed E-state index contributed by atoms with van der Waals surface area (Å²) in [7, 11) is 0. The number of rotatable bonds is 16.